The summed E-state index contributed by atoms with van der Waals surface area (Å²) in [4.78, 5) is 30.5. The molecule has 192 valence electrons. The summed E-state index contributed by atoms with van der Waals surface area (Å²) in [5.74, 6) is 0.978. The zero-order valence-electron chi connectivity index (χ0n) is 21.1. The largest absolute Gasteiger partial charge is 0.490 e. The van der Waals surface area contributed by atoms with Gasteiger partial charge in [-0.1, -0.05) is 43.0 Å². The lowest BCUT2D eigenvalue weighted by atomic mass is 10.1. The molecule has 3 aromatic rings. The number of piperidine rings is 1. The molecule has 2 aromatic carbocycles. The van der Waals surface area contributed by atoms with Gasteiger partial charge in [0.2, 0.25) is 0 Å². The van der Waals surface area contributed by atoms with E-state index in [0.29, 0.717) is 31.7 Å². The molecule has 37 heavy (non-hydrogen) atoms. The number of likely N-dealkylation sites (tertiary alicyclic amines) is 1. The zero-order chi connectivity index (χ0) is 26.0. The number of aryl methyl sites for hydroxylation is 1. The molecule has 4 rings (SSSR count). The molecule has 0 bridgehead atoms. The van der Waals surface area contributed by atoms with Crippen LogP contribution < -0.4 is 9.47 Å². The number of esters is 1. The molecule has 0 unspecified atom stereocenters. The molecule has 1 aliphatic heterocycles. The molecule has 1 aromatic heterocycles. The van der Waals surface area contributed by atoms with Gasteiger partial charge in [0.1, 0.15) is 24.2 Å². The molecule has 2 heterocycles. The SMILES string of the molecule is C=CCOC(=O)Cc1ccc(OC2CCN(C(=O)Oc3ccc(Cc4ccc(C)cn4)cc3)CC2)cc1. The third-order valence-electron chi connectivity index (χ3n) is 6.12. The fourth-order valence-electron chi connectivity index (χ4n) is 4.06. The summed E-state index contributed by atoms with van der Waals surface area (Å²) < 4.78 is 16.7. The van der Waals surface area contributed by atoms with Crippen molar-refractivity contribution in [1.29, 1.82) is 0 Å². The maximum absolute atomic E-state index is 12.6. The quantitative estimate of drug-likeness (QED) is 0.293. The van der Waals surface area contributed by atoms with Gasteiger partial charge in [0.15, 0.2) is 0 Å². The maximum atomic E-state index is 12.6. The van der Waals surface area contributed by atoms with Crippen LogP contribution in [0, 0.1) is 6.92 Å². The molecular weight excluding hydrogens is 468 g/mol. The second-order valence-electron chi connectivity index (χ2n) is 9.11. The molecule has 1 aliphatic rings. The number of hydrogen-bond donors (Lipinski definition) is 0. The number of benzene rings is 2. The van der Waals surface area contributed by atoms with Crippen LogP contribution in [-0.4, -0.2) is 47.7 Å². The van der Waals surface area contributed by atoms with Crippen molar-refractivity contribution >= 4 is 12.1 Å². The minimum absolute atomic E-state index is 0.0159. The molecule has 0 saturated carbocycles. The number of carbonyl (C=O) groups is 2. The van der Waals surface area contributed by atoms with Gasteiger partial charge in [0.25, 0.3) is 0 Å². The van der Waals surface area contributed by atoms with Gasteiger partial charge < -0.3 is 19.1 Å². The van der Waals surface area contributed by atoms with Gasteiger partial charge in [0, 0.05) is 44.2 Å². The van der Waals surface area contributed by atoms with Crippen LogP contribution in [0.25, 0.3) is 0 Å². The van der Waals surface area contributed by atoms with Crippen molar-refractivity contribution in [2.75, 3.05) is 19.7 Å². The molecule has 1 amide bonds. The third kappa shape index (κ3) is 7.93. The van der Waals surface area contributed by atoms with E-state index in [4.69, 9.17) is 14.2 Å². The Hall–Kier alpha value is -4.13. The fraction of sp³-hybridized carbons (Fsp3) is 0.300. The third-order valence-corrected chi connectivity index (χ3v) is 6.12. The Bertz CT molecular complexity index is 1180. The van der Waals surface area contributed by atoms with Crippen LogP contribution >= 0.6 is 0 Å². The molecule has 0 atom stereocenters. The van der Waals surface area contributed by atoms with Crippen LogP contribution in [0.4, 0.5) is 4.79 Å². The first-order valence-electron chi connectivity index (χ1n) is 12.5. The Morgan fingerprint density at radius 3 is 2.30 bits per heavy atom. The van der Waals surface area contributed by atoms with Gasteiger partial charge in [-0.25, -0.2) is 4.79 Å². The second kappa shape index (κ2) is 12.7. The average molecular weight is 501 g/mol. The van der Waals surface area contributed by atoms with Gasteiger partial charge in [-0.2, -0.15) is 0 Å². The van der Waals surface area contributed by atoms with Gasteiger partial charge in [-0.05, 0) is 53.9 Å². The first kappa shape index (κ1) is 25.9. The molecule has 0 radical (unpaired) electrons. The van der Waals surface area contributed by atoms with Crippen LogP contribution in [0.15, 0.2) is 79.5 Å². The van der Waals surface area contributed by atoms with Crippen molar-refractivity contribution in [3.05, 3.63) is 102 Å². The minimum atomic E-state index is -0.348. The summed E-state index contributed by atoms with van der Waals surface area (Å²) in [5, 5.41) is 0. The van der Waals surface area contributed by atoms with E-state index in [-0.39, 0.29) is 31.2 Å². The van der Waals surface area contributed by atoms with Gasteiger partial charge in [-0.3, -0.25) is 9.78 Å². The van der Waals surface area contributed by atoms with E-state index in [9.17, 15) is 9.59 Å². The summed E-state index contributed by atoms with van der Waals surface area (Å²) in [6, 6.07) is 19.1. The second-order valence-corrected chi connectivity index (χ2v) is 9.11. The van der Waals surface area contributed by atoms with Gasteiger partial charge in [-0.15, -0.1) is 0 Å². The van der Waals surface area contributed by atoms with Crippen molar-refractivity contribution < 1.29 is 23.8 Å². The first-order valence-corrected chi connectivity index (χ1v) is 12.5. The highest BCUT2D eigenvalue weighted by Gasteiger charge is 2.25. The number of aromatic nitrogens is 1. The van der Waals surface area contributed by atoms with E-state index < -0.39 is 0 Å². The molecular formula is C30H32N2O5. The highest BCUT2D eigenvalue weighted by molar-refractivity contribution is 5.72. The predicted octanol–water partition coefficient (Wildman–Crippen LogP) is 5.29. The molecule has 7 nitrogen and oxygen atoms in total. The topological polar surface area (TPSA) is 78.0 Å². The summed E-state index contributed by atoms with van der Waals surface area (Å²) >= 11 is 0. The Balaban J connectivity index is 1.20. The highest BCUT2D eigenvalue weighted by Crippen LogP contribution is 2.22. The minimum Gasteiger partial charge on any atom is -0.490 e. The maximum Gasteiger partial charge on any atom is 0.415 e. The number of carbonyl (C=O) groups excluding carboxylic acids is 2. The Morgan fingerprint density at radius 2 is 1.65 bits per heavy atom. The van der Waals surface area contributed by atoms with Crippen LogP contribution in [-0.2, 0) is 22.4 Å². The lowest BCUT2D eigenvalue weighted by molar-refractivity contribution is -0.141. The van der Waals surface area contributed by atoms with Crippen molar-refractivity contribution in [2.45, 2.75) is 38.7 Å². The number of amides is 1. The molecule has 0 spiro atoms. The number of ether oxygens (including phenoxy) is 3. The van der Waals surface area contributed by atoms with E-state index in [1.54, 1.807) is 11.0 Å². The highest BCUT2D eigenvalue weighted by atomic mass is 16.6. The lowest BCUT2D eigenvalue weighted by Crippen LogP contribution is -2.43. The lowest BCUT2D eigenvalue weighted by Gasteiger charge is -2.31. The molecule has 0 N–H and O–H groups in total. The van der Waals surface area contributed by atoms with Crippen molar-refractivity contribution in [1.82, 2.24) is 9.88 Å². The van der Waals surface area contributed by atoms with E-state index in [1.807, 2.05) is 67.7 Å². The van der Waals surface area contributed by atoms with Crippen LogP contribution in [0.5, 0.6) is 11.5 Å². The van der Waals surface area contributed by atoms with E-state index in [0.717, 1.165) is 34.6 Å². The van der Waals surface area contributed by atoms with Crippen molar-refractivity contribution in [2.24, 2.45) is 0 Å². The smallest absolute Gasteiger partial charge is 0.415 e. The predicted molar refractivity (Wildman–Crippen MR) is 141 cm³/mol. The van der Waals surface area contributed by atoms with Crippen LogP contribution in [0.3, 0.4) is 0 Å². The normalized spacial score (nSPS) is 13.6. The van der Waals surface area contributed by atoms with Crippen LogP contribution in [0.1, 0.15) is 35.2 Å². The van der Waals surface area contributed by atoms with Crippen molar-refractivity contribution in [3.63, 3.8) is 0 Å². The van der Waals surface area contributed by atoms with Crippen molar-refractivity contribution in [3.8, 4) is 11.5 Å². The average Bonchev–Trinajstić information content (AvgIpc) is 2.91. The molecule has 0 aliphatic carbocycles. The van der Waals surface area contributed by atoms with E-state index in [1.165, 1.54) is 0 Å². The summed E-state index contributed by atoms with van der Waals surface area (Å²) in [6.07, 6.45) is 5.45. The number of pyridine rings is 1. The van der Waals surface area contributed by atoms with E-state index >= 15 is 0 Å². The van der Waals surface area contributed by atoms with Gasteiger partial charge in [0.05, 0.1) is 6.42 Å². The first-order chi connectivity index (χ1) is 18.0. The Morgan fingerprint density at radius 1 is 0.973 bits per heavy atom. The standard InChI is InChI=1S/C30H32N2O5/c1-3-18-35-29(33)20-24-7-10-26(11-8-24)36-28-14-16-32(17-15-28)30(34)37-27-12-5-23(6-13-27)19-25-9-4-22(2)21-31-25/h3-13,21,28H,1,14-20H2,2H3. The Labute approximate surface area is 217 Å². The number of rotatable bonds is 9. The molecule has 1 fully saturated rings. The summed E-state index contributed by atoms with van der Waals surface area (Å²) in [5.41, 5.74) is 4.10. The van der Waals surface area contributed by atoms with Crippen LogP contribution in [0.2, 0.25) is 0 Å². The molecule has 7 heteroatoms. The van der Waals surface area contributed by atoms with Gasteiger partial charge >= 0.3 is 12.1 Å². The monoisotopic (exact) mass is 500 g/mol. The number of hydrogen-bond acceptors (Lipinski definition) is 6. The van der Waals surface area contributed by atoms with E-state index in [2.05, 4.69) is 17.6 Å². The Kier molecular flexibility index (Phi) is 8.92. The zero-order valence-corrected chi connectivity index (χ0v) is 21.1. The summed E-state index contributed by atoms with van der Waals surface area (Å²) in [7, 11) is 0. The summed E-state index contributed by atoms with van der Waals surface area (Å²) in [6.45, 7) is 6.89. The number of nitrogens with zero attached hydrogens (tertiary/aromatic N) is 2. The fourth-order valence-corrected chi connectivity index (χ4v) is 4.06. The molecule has 1 saturated heterocycles.